The van der Waals surface area contributed by atoms with Gasteiger partial charge in [-0.15, -0.1) is 23.4 Å². The third-order valence-electron chi connectivity index (χ3n) is 6.70. The molecule has 0 amide bonds. The van der Waals surface area contributed by atoms with Gasteiger partial charge in [0.25, 0.3) is 5.69 Å². The van der Waals surface area contributed by atoms with Gasteiger partial charge in [-0.2, -0.15) is 0 Å². The SMILES string of the molecule is O=C(O)c1ccc2c(c1)[C@@H]1[C@H](Cl)[C@H](Sc3ccccc3[N+](=O)[O-])C[C@H]1[C@@H](c1ccc(Cl)cc1Cl)N2. The van der Waals surface area contributed by atoms with Crippen LogP contribution in [0.4, 0.5) is 11.4 Å². The van der Waals surface area contributed by atoms with Crippen molar-refractivity contribution in [1.82, 2.24) is 0 Å². The van der Waals surface area contributed by atoms with Crippen molar-refractivity contribution in [3.05, 3.63) is 97.5 Å². The Kier molecular flexibility index (Phi) is 6.61. The third-order valence-corrected chi connectivity index (χ3v) is 9.37. The Hall–Kier alpha value is -2.45. The van der Waals surface area contributed by atoms with Gasteiger partial charge in [0, 0.05) is 33.0 Å². The number of rotatable bonds is 5. The van der Waals surface area contributed by atoms with Crippen LogP contribution in [0.5, 0.6) is 0 Å². The minimum Gasteiger partial charge on any atom is -0.478 e. The van der Waals surface area contributed by atoms with Crippen LogP contribution in [0, 0.1) is 16.0 Å². The molecule has 10 heteroatoms. The largest absolute Gasteiger partial charge is 0.478 e. The zero-order chi connectivity index (χ0) is 24.9. The van der Waals surface area contributed by atoms with Gasteiger partial charge in [-0.3, -0.25) is 10.1 Å². The Bertz CT molecular complexity index is 1340. The fourth-order valence-corrected chi connectivity index (χ4v) is 7.65. The number of carbonyl (C=O) groups is 1. The van der Waals surface area contributed by atoms with Crippen LogP contribution in [-0.4, -0.2) is 26.6 Å². The molecule has 0 radical (unpaired) electrons. The van der Waals surface area contributed by atoms with E-state index in [2.05, 4.69) is 5.32 Å². The number of nitro groups is 1. The summed E-state index contributed by atoms with van der Waals surface area (Å²) in [6.45, 7) is 0. The van der Waals surface area contributed by atoms with Crippen molar-refractivity contribution in [2.75, 3.05) is 5.32 Å². The quantitative estimate of drug-likeness (QED) is 0.193. The van der Waals surface area contributed by atoms with Gasteiger partial charge in [-0.25, -0.2) is 4.79 Å². The van der Waals surface area contributed by atoms with Gasteiger partial charge in [0.2, 0.25) is 0 Å². The zero-order valence-electron chi connectivity index (χ0n) is 18.0. The predicted octanol–water partition coefficient (Wildman–Crippen LogP) is 7.64. The molecule has 1 fully saturated rings. The second-order valence-electron chi connectivity index (χ2n) is 8.65. The molecule has 35 heavy (non-hydrogen) atoms. The molecule has 3 aromatic carbocycles. The molecule has 0 aromatic heterocycles. The van der Waals surface area contributed by atoms with Crippen LogP contribution in [0.3, 0.4) is 0 Å². The molecule has 1 aliphatic carbocycles. The molecule has 3 aromatic rings. The molecule has 2 aliphatic rings. The van der Waals surface area contributed by atoms with Crippen LogP contribution < -0.4 is 5.32 Å². The van der Waals surface area contributed by atoms with Gasteiger partial charge in [0.05, 0.1) is 26.8 Å². The van der Waals surface area contributed by atoms with Gasteiger partial charge in [0.15, 0.2) is 0 Å². The molecule has 6 nitrogen and oxygen atoms in total. The number of para-hydroxylation sites is 1. The number of halogens is 3. The highest BCUT2D eigenvalue weighted by atomic mass is 35.5. The molecular weight excluding hydrogens is 531 g/mol. The topological polar surface area (TPSA) is 92.5 Å². The van der Waals surface area contributed by atoms with Crippen LogP contribution in [0.2, 0.25) is 10.0 Å². The fraction of sp³-hybridized carbons (Fsp3) is 0.240. The van der Waals surface area contributed by atoms with E-state index in [-0.39, 0.29) is 44.7 Å². The van der Waals surface area contributed by atoms with Crippen LogP contribution in [0.15, 0.2) is 65.6 Å². The van der Waals surface area contributed by atoms with Crippen LogP contribution >= 0.6 is 46.6 Å². The zero-order valence-corrected chi connectivity index (χ0v) is 21.1. The summed E-state index contributed by atoms with van der Waals surface area (Å²) < 4.78 is 0. The van der Waals surface area contributed by atoms with E-state index in [0.717, 1.165) is 16.8 Å². The number of nitro benzene ring substituents is 1. The number of alkyl halides is 1. The average Bonchev–Trinajstić information content (AvgIpc) is 3.15. The van der Waals surface area contributed by atoms with E-state index in [1.807, 2.05) is 6.07 Å². The first-order valence-electron chi connectivity index (χ1n) is 10.9. The van der Waals surface area contributed by atoms with Crippen molar-refractivity contribution < 1.29 is 14.8 Å². The van der Waals surface area contributed by atoms with Crippen molar-refractivity contribution in [3.63, 3.8) is 0 Å². The molecule has 1 aliphatic heterocycles. The third kappa shape index (κ3) is 4.47. The summed E-state index contributed by atoms with van der Waals surface area (Å²) in [4.78, 5) is 23.4. The highest BCUT2D eigenvalue weighted by Gasteiger charge is 2.50. The number of aromatic carboxylic acids is 1. The van der Waals surface area contributed by atoms with E-state index in [1.165, 1.54) is 17.8 Å². The lowest BCUT2D eigenvalue weighted by Crippen LogP contribution is -2.31. The summed E-state index contributed by atoms with van der Waals surface area (Å²) in [5.74, 6) is -1.21. The molecule has 2 N–H and O–H groups in total. The molecular formula is C25H19Cl3N2O4S. The number of nitrogens with one attached hydrogen (secondary N) is 1. The van der Waals surface area contributed by atoms with Crippen molar-refractivity contribution >= 4 is 63.9 Å². The maximum atomic E-state index is 11.7. The number of benzene rings is 3. The molecule has 5 atom stereocenters. The monoisotopic (exact) mass is 548 g/mol. The van der Waals surface area contributed by atoms with E-state index in [4.69, 9.17) is 34.8 Å². The lowest BCUT2D eigenvalue weighted by molar-refractivity contribution is -0.387. The Balaban J connectivity index is 1.58. The molecule has 0 spiro atoms. The number of fused-ring (bicyclic) bond motifs is 3. The van der Waals surface area contributed by atoms with Crippen molar-refractivity contribution in [2.45, 2.75) is 33.9 Å². The summed E-state index contributed by atoms with van der Waals surface area (Å²) in [6.07, 6.45) is 0.656. The van der Waals surface area contributed by atoms with Gasteiger partial charge in [0.1, 0.15) is 0 Å². The second kappa shape index (κ2) is 9.54. The number of thioether (sulfide) groups is 1. The minimum atomic E-state index is -1.01. The first-order chi connectivity index (χ1) is 16.7. The number of nitrogens with zero attached hydrogens (tertiary/aromatic N) is 1. The molecule has 5 rings (SSSR count). The lowest BCUT2D eigenvalue weighted by Gasteiger charge is -2.38. The number of carboxylic acid groups (broad SMARTS) is 1. The molecule has 180 valence electrons. The Morgan fingerprint density at radius 1 is 1.09 bits per heavy atom. The number of hydrogen-bond donors (Lipinski definition) is 2. The maximum Gasteiger partial charge on any atom is 0.335 e. The standard InChI is InChI=1S/C25H19Cl3N2O4S/c26-13-6-7-14(17(27)10-13)24-16-11-21(35-20-4-2-1-3-19(20)30(33)34)23(28)22(16)15-9-12(25(31)32)5-8-18(15)29-24/h1-10,16,21-24,29H,11H2,(H,31,32)/t16-,21-,22+,23-,24-/m1/s1. The summed E-state index contributed by atoms with van der Waals surface area (Å²) in [7, 11) is 0. The summed E-state index contributed by atoms with van der Waals surface area (Å²) in [5, 5.41) is 25.2. The van der Waals surface area contributed by atoms with E-state index >= 15 is 0 Å². The first-order valence-corrected chi connectivity index (χ1v) is 12.9. The van der Waals surface area contributed by atoms with E-state index < -0.39 is 5.97 Å². The highest BCUT2D eigenvalue weighted by molar-refractivity contribution is 8.00. The average molecular weight is 550 g/mol. The summed E-state index contributed by atoms with van der Waals surface area (Å²) in [6, 6.07) is 16.8. The summed E-state index contributed by atoms with van der Waals surface area (Å²) >= 11 is 21.2. The number of hydrogen-bond acceptors (Lipinski definition) is 5. The van der Waals surface area contributed by atoms with Gasteiger partial charge in [-0.05, 0) is 59.9 Å². The maximum absolute atomic E-state index is 11.7. The van der Waals surface area contributed by atoms with Crippen LogP contribution in [0.1, 0.15) is 39.9 Å². The predicted molar refractivity (Wildman–Crippen MR) is 139 cm³/mol. The molecule has 0 saturated heterocycles. The minimum absolute atomic E-state index is 0.0204. The van der Waals surface area contributed by atoms with Crippen molar-refractivity contribution in [3.8, 4) is 0 Å². The molecule has 1 heterocycles. The van der Waals surface area contributed by atoms with Gasteiger partial charge >= 0.3 is 5.97 Å². The highest BCUT2D eigenvalue weighted by Crippen LogP contribution is 2.58. The molecule has 1 saturated carbocycles. The fourth-order valence-electron chi connectivity index (χ4n) is 5.18. The first kappa shape index (κ1) is 24.3. The normalized spacial score (nSPS) is 24.8. The van der Waals surface area contributed by atoms with Crippen molar-refractivity contribution in [1.29, 1.82) is 0 Å². The van der Waals surface area contributed by atoms with E-state index in [9.17, 15) is 20.0 Å². The Labute approximate surface area is 220 Å². The number of carboxylic acids is 1. The van der Waals surface area contributed by atoms with Gasteiger partial charge < -0.3 is 10.4 Å². The van der Waals surface area contributed by atoms with Crippen molar-refractivity contribution in [2.24, 2.45) is 5.92 Å². The summed E-state index contributed by atoms with van der Waals surface area (Å²) in [5.41, 5.74) is 2.74. The smallest absolute Gasteiger partial charge is 0.335 e. The van der Waals surface area contributed by atoms with Crippen LogP contribution in [-0.2, 0) is 0 Å². The lowest BCUT2D eigenvalue weighted by atomic mass is 9.77. The van der Waals surface area contributed by atoms with E-state index in [0.29, 0.717) is 21.4 Å². The Morgan fingerprint density at radius 2 is 1.86 bits per heavy atom. The molecule has 0 unspecified atom stereocenters. The Morgan fingerprint density at radius 3 is 2.57 bits per heavy atom. The molecule has 0 bridgehead atoms. The van der Waals surface area contributed by atoms with Gasteiger partial charge in [-0.1, -0.05) is 41.4 Å². The van der Waals surface area contributed by atoms with E-state index in [1.54, 1.807) is 48.5 Å². The number of anilines is 1. The second-order valence-corrected chi connectivity index (χ2v) is 11.3. The van der Waals surface area contributed by atoms with Crippen LogP contribution in [0.25, 0.3) is 0 Å².